The van der Waals surface area contributed by atoms with Crippen molar-refractivity contribution < 1.29 is 23.8 Å². The Morgan fingerprint density at radius 3 is 2.40 bits per heavy atom. The summed E-state index contributed by atoms with van der Waals surface area (Å²) in [6, 6.07) is 11.2. The summed E-state index contributed by atoms with van der Waals surface area (Å²) in [4.78, 5) is 25.3. The van der Waals surface area contributed by atoms with Gasteiger partial charge in [0, 0.05) is 23.0 Å². The quantitative estimate of drug-likeness (QED) is 0.649. The van der Waals surface area contributed by atoms with Crippen LogP contribution in [0.3, 0.4) is 0 Å². The van der Waals surface area contributed by atoms with Crippen molar-refractivity contribution in [1.82, 2.24) is 10.6 Å². The molecule has 0 saturated carbocycles. The predicted octanol–water partition coefficient (Wildman–Crippen LogP) is 3.37. The maximum absolute atomic E-state index is 13.1. The van der Waals surface area contributed by atoms with E-state index < -0.39 is 12.1 Å². The molecule has 2 aromatic rings. The minimum atomic E-state index is -0.692. The Morgan fingerprint density at radius 2 is 1.77 bits per heavy atom. The number of methoxy groups -OCH3 is 2. The Kier molecular flexibility index (Phi) is 6.46. The Labute approximate surface area is 175 Å². The molecule has 8 heteroatoms. The normalized spacial score (nSPS) is 15.7. The van der Waals surface area contributed by atoms with E-state index >= 15 is 0 Å². The molecule has 0 unspecified atom stereocenters. The van der Waals surface area contributed by atoms with Crippen molar-refractivity contribution in [2.45, 2.75) is 19.9 Å². The number of anilines is 1. The lowest BCUT2D eigenvalue weighted by atomic mass is 9.94. The highest BCUT2D eigenvalue weighted by Gasteiger charge is 2.33. The van der Waals surface area contributed by atoms with Crippen molar-refractivity contribution in [3.63, 3.8) is 0 Å². The number of amides is 3. The van der Waals surface area contributed by atoms with Gasteiger partial charge in [-0.15, -0.1) is 0 Å². The molecule has 0 spiro atoms. The summed E-state index contributed by atoms with van der Waals surface area (Å²) >= 11 is 0. The smallest absolute Gasteiger partial charge is 0.319 e. The molecule has 1 atom stereocenters. The first-order valence-electron chi connectivity index (χ1n) is 9.51. The molecule has 3 rings (SSSR count). The Morgan fingerprint density at radius 1 is 1.07 bits per heavy atom. The van der Waals surface area contributed by atoms with Crippen molar-refractivity contribution >= 4 is 17.6 Å². The van der Waals surface area contributed by atoms with Crippen LogP contribution in [0.25, 0.3) is 0 Å². The van der Waals surface area contributed by atoms with Gasteiger partial charge in [0.1, 0.15) is 17.2 Å². The fourth-order valence-electron chi connectivity index (χ4n) is 3.28. The largest absolute Gasteiger partial charge is 0.497 e. The number of benzene rings is 2. The van der Waals surface area contributed by atoms with Crippen LogP contribution in [0.4, 0.5) is 10.5 Å². The van der Waals surface area contributed by atoms with Crippen LogP contribution in [-0.4, -0.2) is 32.8 Å². The minimum absolute atomic E-state index is 0.341. The molecule has 8 nitrogen and oxygen atoms in total. The zero-order valence-corrected chi connectivity index (χ0v) is 17.4. The third-order valence-electron chi connectivity index (χ3n) is 4.69. The molecule has 3 N–H and O–H groups in total. The lowest BCUT2D eigenvalue weighted by molar-refractivity contribution is -0.113. The van der Waals surface area contributed by atoms with Crippen LogP contribution >= 0.6 is 0 Å². The van der Waals surface area contributed by atoms with Gasteiger partial charge in [-0.05, 0) is 50.2 Å². The Balaban J connectivity index is 1.93. The van der Waals surface area contributed by atoms with Gasteiger partial charge in [0.15, 0.2) is 0 Å². The van der Waals surface area contributed by atoms with E-state index in [4.69, 9.17) is 14.2 Å². The molecule has 158 valence electrons. The molecule has 0 radical (unpaired) electrons. The second kappa shape index (κ2) is 9.21. The van der Waals surface area contributed by atoms with Gasteiger partial charge in [-0.25, -0.2) is 4.79 Å². The van der Waals surface area contributed by atoms with E-state index in [1.54, 1.807) is 56.5 Å². The molecule has 1 aliphatic heterocycles. The average Bonchev–Trinajstić information content (AvgIpc) is 2.74. The topological polar surface area (TPSA) is 97.9 Å². The van der Waals surface area contributed by atoms with Gasteiger partial charge in [-0.3, -0.25) is 4.79 Å². The summed E-state index contributed by atoms with van der Waals surface area (Å²) in [6.45, 7) is 4.16. The highest BCUT2D eigenvalue weighted by Crippen LogP contribution is 2.35. The van der Waals surface area contributed by atoms with Crippen LogP contribution in [-0.2, 0) is 4.79 Å². The SMILES string of the molecule is CCOc1ccc(NC(=O)C2=C(C)NC(=O)N[C@@H]2c2ccc(OC)cc2OC)cc1. The highest BCUT2D eigenvalue weighted by atomic mass is 16.5. The maximum Gasteiger partial charge on any atom is 0.319 e. The van der Waals surface area contributed by atoms with Gasteiger partial charge in [0.05, 0.1) is 32.4 Å². The van der Waals surface area contributed by atoms with E-state index in [-0.39, 0.29) is 5.91 Å². The molecule has 1 aliphatic rings. The summed E-state index contributed by atoms with van der Waals surface area (Å²) in [5.41, 5.74) is 2.10. The first-order valence-corrected chi connectivity index (χ1v) is 9.51. The van der Waals surface area contributed by atoms with Gasteiger partial charge in [0.2, 0.25) is 0 Å². The van der Waals surface area contributed by atoms with E-state index in [1.807, 2.05) is 6.92 Å². The van der Waals surface area contributed by atoms with Crippen LogP contribution in [0.15, 0.2) is 53.7 Å². The van der Waals surface area contributed by atoms with E-state index in [0.717, 1.165) is 5.75 Å². The van der Waals surface area contributed by atoms with E-state index in [2.05, 4.69) is 16.0 Å². The zero-order valence-electron chi connectivity index (χ0n) is 17.4. The molecule has 2 aromatic carbocycles. The second-order valence-electron chi connectivity index (χ2n) is 6.59. The van der Waals surface area contributed by atoms with E-state index in [9.17, 15) is 9.59 Å². The first kappa shape index (κ1) is 21.0. The fraction of sp³-hybridized carbons (Fsp3) is 0.273. The third-order valence-corrected chi connectivity index (χ3v) is 4.69. The van der Waals surface area contributed by atoms with Crippen LogP contribution in [0, 0.1) is 0 Å². The third kappa shape index (κ3) is 4.48. The van der Waals surface area contributed by atoms with E-state index in [0.29, 0.717) is 40.6 Å². The number of rotatable bonds is 7. The Bertz CT molecular complexity index is 969. The van der Waals surface area contributed by atoms with Gasteiger partial charge in [-0.1, -0.05) is 0 Å². The van der Waals surface area contributed by atoms with Crippen molar-refractivity contribution in [3.05, 3.63) is 59.3 Å². The van der Waals surface area contributed by atoms with Gasteiger partial charge in [-0.2, -0.15) is 0 Å². The molecular weight excluding hydrogens is 386 g/mol. The Hall–Kier alpha value is -3.68. The highest BCUT2D eigenvalue weighted by molar-refractivity contribution is 6.06. The monoisotopic (exact) mass is 411 g/mol. The van der Waals surface area contributed by atoms with Crippen molar-refractivity contribution in [3.8, 4) is 17.2 Å². The van der Waals surface area contributed by atoms with Gasteiger partial charge >= 0.3 is 6.03 Å². The molecule has 0 bridgehead atoms. The minimum Gasteiger partial charge on any atom is -0.497 e. The molecule has 0 saturated heterocycles. The number of carbonyl (C=O) groups excluding carboxylic acids is 2. The second-order valence-corrected chi connectivity index (χ2v) is 6.59. The van der Waals surface area contributed by atoms with Crippen molar-refractivity contribution in [2.75, 3.05) is 26.1 Å². The standard InChI is InChI=1S/C22H25N3O5/c1-5-30-15-8-6-14(7-9-15)24-21(26)19-13(2)23-22(27)25-20(19)17-11-10-16(28-3)12-18(17)29-4/h6-12,20H,5H2,1-4H3,(H,24,26)(H2,23,25,27)/t20-/m1/s1. The lowest BCUT2D eigenvalue weighted by Crippen LogP contribution is -2.46. The summed E-state index contributed by atoms with van der Waals surface area (Å²) in [5, 5.41) is 8.35. The summed E-state index contributed by atoms with van der Waals surface area (Å²) in [7, 11) is 3.08. The fourth-order valence-corrected chi connectivity index (χ4v) is 3.28. The summed E-state index contributed by atoms with van der Waals surface area (Å²) in [5.74, 6) is 1.49. The number of ether oxygens (including phenoxy) is 3. The maximum atomic E-state index is 13.1. The molecule has 0 aromatic heterocycles. The van der Waals surface area contributed by atoms with Crippen molar-refractivity contribution in [2.24, 2.45) is 0 Å². The molecule has 3 amide bonds. The number of carbonyl (C=O) groups is 2. The summed E-state index contributed by atoms with van der Waals surface area (Å²) in [6.07, 6.45) is 0. The number of allylic oxidation sites excluding steroid dienone is 1. The molecule has 30 heavy (non-hydrogen) atoms. The summed E-state index contributed by atoms with van der Waals surface area (Å²) < 4.78 is 16.1. The molecule has 0 fully saturated rings. The molecular formula is C22H25N3O5. The van der Waals surface area contributed by atoms with Gasteiger partial charge in [0.25, 0.3) is 5.91 Å². The number of nitrogens with one attached hydrogen (secondary N) is 3. The number of hydrogen-bond acceptors (Lipinski definition) is 5. The van der Waals surface area contributed by atoms with Crippen molar-refractivity contribution in [1.29, 1.82) is 0 Å². The first-order chi connectivity index (χ1) is 14.5. The predicted molar refractivity (Wildman–Crippen MR) is 113 cm³/mol. The zero-order chi connectivity index (χ0) is 21.7. The average molecular weight is 411 g/mol. The lowest BCUT2D eigenvalue weighted by Gasteiger charge is -2.29. The molecule has 0 aliphatic carbocycles. The van der Waals surface area contributed by atoms with E-state index in [1.165, 1.54) is 7.11 Å². The van der Waals surface area contributed by atoms with Crippen LogP contribution in [0.2, 0.25) is 0 Å². The van der Waals surface area contributed by atoms with Crippen LogP contribution in [0.5, 0.6) is 17.2 Å². The molecule has 1 heterocycles. The van der Waals surface area contributed by atoms with Crippen LogP contribution in [0.1, 0.15) is 25.5 Å². The van der Waals surface area contributed by atoms with Gasteiger partial charge < -0.3 is 30.2 Å². The van der Waals surface area contributed by atoms with Crippen LogP contribution < -0.4 is 30.2 Å². The number of hydrogen-bond donors (Lipinski definition) is 3. The number of urea groups is 1.